The van der Waals surface area contributed by atoms with Crippen molar-refractivity contribution < 1.29 is 13.6 Å². The molecule has 0 radical (unpaired) electrons. The van der Waals surface area contributed by atoms with E-state index in [-0.39, 0.29) is 5.63 Å². The minimum Gasteiger partial charge on any atom is -0.477 e. The van der Waals surface area contributed by atoms with Crippen LogP contribution in [0.15, 0.2) is 44.2 Å². The van der Waals surface area contributed by atoms with Gasteiger partial charge >= 0.3 is 5.63 Å². The fraction of sp³-hybridized carbons (Fsp3) is 0.316. The summed E-state index contributed by atoms with van der Waals surface area (Å²) >= 11 is 0. The molecule has 124 valence electrons. The summed E-state index contributed by atoms with van der Waals surface area (Å²) in [6.45, 7) is 5.95. The molecule has 0 spiro atoms. The van der Waals surface area contributed by atoms with E-state index in [0.717, 1.165) is 46.6 Å². The standard InChI is InChI=1S/C19H19NO4/c1-3-13-8-17(21)24-19-12(2)18-14(7-16(13)19)9-20(11-23-18)10-15-5-4-6-22-15/h4-8H,3,9-11H2,1-2H3. The molecule has 0 saturated carbocycles. The van der Waals surface area contributed by atoms with E-state index in [1.165, 1.54) is 0 Å². The number of hydrogen-bond donors (Lipinski definition) is 0. The number of benzene rings is 1. The fourth-order valence-corrected chi connectivity index (χ4v) is 3.35. The van der Waals surface area contributed by atoms with Crippen molar-refractivity contribution in [1.82, 2.24) is 4.90 Å². The lowest BCUT2D eigenvalue weighted by Gasteiger charge is -2.29. The number of rotatable bonds is 3. The van der Waals surface area contributed by atoms with E-state index >= 15 is 0 Å². The molecule has 1 aromatic carbocycles. The first-order valence-corrected chi connectivity index (χ1v) is 8.12. The van der Waals surface area contributed by atoms with Gasteiger partial charge in [-0.25, -0.2) is 4.79 Å². The summed E-state index contributed by atoms with van der Waals surface area (Å²) in [7, 11) is 0. The summed E-state index contributed by atoms with van der Waals surface area (Å²) in [5.41, 5.74) is 3.35. The second kappa shape index (κ2) is 5.83. The lowest BCUT2D eigenvalue weighted by Crippen LogP contribution is -2.31. The maximum atomic E-state index is 11.8. The number of fused-ring (bicyclic) bond motifs is 2. The summed E-state index contributed by atoms with van der Waals surface area (Å²) in [5.74, 6) is 1.74. The molecule has 5 heteroatoms. The first kappa shape index (κ1) is 15.0. The Kier molecular flexibility index (Phi) is 3.65. The molecule has 0 unspecified atom stereocenters. The molecule has 1 aliphatic heterocycles. The lowest BCUT2D eigenvalue weighted by atomic mass is 9.99. The van der Waals surface area contributed by atoms with E-state index in [4.69, 9.17) is 13.6 Å². The van der Waals surface area contributed by atoms with Gasteiger partial charge in [-0.15, -0.1) is 0 Å². The van der Waals surface area contributed by atoms with E-state index in [2.05, 4.69) is 11.0 Å². The summed E-state index contributed by atoms with van der Waals surface area (Å²) < 4.78 is 16.8. The van der Waals surface area contributed by atoms with Crippen LogP contribution in [0, 0.1) is 6.92 Å². The second-order valence-electron chi connectivity index (χ2n) is 6.15. The Labute approximate surface area is 139 Å². The maximum absolute atomic E-state index is 11.8. The summed E-state index contributed by atoms with van der Waals surface area (Å²) in [6, 6.07) is 7.53. The molecule has 0 N–H and O–H groups in total. The molecular weight excluding hydrogens is 306 g/mol. The van der Waals surface area contributed by atoms with Crippen LogP contribution in [-0.4, -0.2) is 11.6 Å². The average Bonchev–Trinajstić information content (AvgIpc) is 3.08. The average molecular weight is 325 g/mol. The lowest BCUT2D eigenvalue weighted by molar-refractivity contribution is 0.0818. The second-order valence-corrected chi connectivity index (χ2v) is 6.15. The van der Waals surface area contributed by atoms with Crippen molar-refractivity contribution in [3.8, 4) is 5.75 Å². The van der Waals surface area contributed by atoms with Gasteiger partial charge in [-0.1, -0.05) is 6.92 Å². The monoisotopic (exact) mass is 325 g/mol. The molecular formula is C19H19NO4. The van der Waals surface area contributed by atoms with Crippen LogP contribution in [0.5, 0.6) is 5.75 Å². The largest absolute Gasteiger partial charge is 0.477 e. The summed E-state index contributed by atoms with van der Waals surface area (Å²) in [6.07, 6.45) is 2.47. The Morgan fingerprint density at radius 2 is 2.17 bits per heavy atom. The Morgan fingerprint density at radius 1 is 1.29 bits per heavy atom. The van der Waals surface area contributed by atoms with Crippen molar-refractivity contribution in [3.63, 3.8) is 0 Å². The van der Waals surface area contributed by atoms with Crippen LogP contribution in [0.4, 0.5) is 0 Å². The number of aryl methyl sites for hydroxylation is 2. The third kappa shape index (κ3) is 2.51. The topological polar surface area (TPSA) is 55.8 Å². The number of furan rings is 1. The highest BCUT2D eigenvalue weighted by atomic mass is 16.5. The van der Waals surface area contributed by atoms with E-state index in [1.54, 1.807) is 12.3 Å². The molecule has 0 saturated heterocycles. The molecule has 0 fully saturated rings. The van der Waals surface area contributed by atoms with Crippen LogP contribution in [-0.2, 0) is 19.5 Å². The van der Waals surface area contributed by atoms with Crippen LogP contribution < -0.4 is 10.4 Å². The predicted molar refractivity (Wildman–Crippen MR) is 90.0 cm³/mol. The van der Waals surface area contributed by atoms with Gasteiger partial charge < -0.3 is 13.6 Å². The minimum absolute atomic E-state index is 0.308. The van der Waals surface area contributed by atoms with E-state index in [0.29, 0.717) is 18.9 Å². The highest BCUT2D eigenvalue weighted by molar-refractivity contribution is 5.86. The molecule has 4 rings (SSSR count). The molecule has 3 heterocycles. The molecule has 0 atom stereocenters. The van der Waals surface area contributed by atoms with Crippen LogP contribution >= 0.6 is 0 Å². The van der Waals surface area contributed by atoms with Crippen LogP contribution in [0.25, 0.3) is 11.0 Å². The van der Waals surface area contributed by atoms with Crippen LogP contribution in [0.2, 0.25) is 0 Å². The zero-order valence-electron chi connectivity index (χ0n) is 13.8. The highest BCUT2D eigenvalue weighted by Crippen LogP contribution is 2.36. The number of nitrogens with zero attached hydrogens (tertiary/aromatic N) is 1. The molecule has 1 aliphatic rings. The van der Waals surface area contributed by atoms with Gasteiger partial charge in [0.25, 0.3) is 0 Å². The first-order valence-electron chi connectivity index (χ1n) is 8.12. The summed E-state index contributed by atoms with van der Waals surface area (Å²) in [4.78, 5) is 14.0. The van der Waals surface area contributed by atoms with Gasteiger partial charge in [0.15, 0.2) is 0 Å². The molecule has 5 nitrogen and oxygen atoms in total. The van der Waals surface area contributed by atoms with Crippen molar-refractivity contribution >= 4 is 11.0 Å². The third-order valence-electron chi connectivity index (χ3n) is 4.50. The van der Waals surface area contributed by atoms with E-state index < -0.39 is 0 Å². The van der Waals surface area contributed by atoms with E-state index in [1.807, 2.05) is 26.0 Å². The van der Waals surface area contributed by atoms with Gasteiger partial charge in [-0.2, -0.15) is 0 Å². The van der Waals surface area contributed by atoms with Crippen molar-refractivity contribution in [2.75, 3.05) is 6.73 Å². The Bertz CT molecular complexity index is 940. The molecule has 3 aromatic rings. The van der Waals surface area contributed by atoms with Gasteiger partial charge in [-0.05, 0) is 37.1 Å². The highest BCUT2D eigenvalue weighted by Gasteiger charge is 2.23. The van der Waals surface area contributed by atoms with Gasteiger partial charge in [-0.3, -0.25) is 4.90 Å². The molecule has 0 bridgehead atoms. The predicted octanol–water partition coefficient (Wildman–Crippen LogP) is 3.61. The molecule has 0 aliphatic carbocycles. The van der Waals surface area contributed by atoms with Crippen molar-refractivity contribution in [3.05, 3.63) is 63.4 Å². The Morgan fingerprint density at radius 3 is 2.92 bits per heavy atom. The zero-order chi connectivity index (χ0) is 16.7. The third-order valence-corrected chi connectivity index (χ3v) is 4.50. The SMILES string of the molecule is CCc1cc(=O)oc2c(C)c3c(cc12)CN(Cc1ccco1)CO3. The molecule has 0 amide bonds. The smallest absolute Gasteiger partial charge is 0.336 e. The number of ether oxygens (including phenoxy) is 1. The zero-order valence-corrected chi connectivity index (χ0v) is 13.8. The van der Waals surface area contributed by atoms with Crippen LogP contribution in [0.1, 0.15) is 29.4 Å². The number of hydrogen-bond acceptors (Lipinski definition) is 5. The molecule has 2 aromatic heterocycles. The van der Waals surface area contributed by atoms with Crippen molar-refractivity contribution in [2.45, 2.75) is 33.4 Å². The normalized spacial score (nSPS) is 14.6. The van der Waals surface area contributed by atoms with Gasteiger partial charge in [0, 0.05) is 29.1 Å². The Balaban J connectivity index is 1.76. The van der Waals surface area contributed by atoms with Crippen molar-refractivity contribution in [2.24, 2.45) is 0 Å². The van der Waals surface area contributed by atoms with Crippen molar-refractivity contribution in [1.29, 1.82) is 0 Å². The Hall–Kier alpha value is -2.53. The van der Waals surface area contributed by atoms with Gasteiger partial charge in [0.1, 0.15) is 23.8 Å². The van der Waals surface area contributed by atoms with Gasteiger partial charge in [0.05, 0.1) is 12.8 Å². The van der Waals surface area contributed by atoms with Gasteiger partial charge in [0.2, 0.25) is 0 Å². The maximum Gasteiger partial charge on any atom is 0.336 e. The minimum atomic E-state index is -0.308. The first-order chi connectivity index (χ1) is 11.7. The van der Waals surface area contributed by atoms with E-state index in [9.17, 15) is 4.79 Å². The summed E-state index contributed by atoms with van der Waals surface area (Å²) in [5, 5.41) is 0.997. The fourth-order valence-electron chi connectivity index (χ4n) is 3.35. The quantitative estimate of drug-likeness (QED) is 0.689. The van der Waals surface area contributed by atoms with Crippen LogP contribution in [0.3, 0.4) is 0 Å². The molecule has 24 heavy (non-hydrogen) atoms.